The van der Waals surface area contributed by atoms with Crippen LogP contribution in [0.15, 0.2) is 53.5 Å². The number of benzene rings is 2. The Morgan fingerprint density at radius 3 is 2.53 bits per heavy atom. The van der Waals surface area contributed by atoms with Crippen molar-refractivity contribution in [2.45, 2.75) is 46.1 Å². The van der Waals surface area contributed by atoms with Gasteiger partial charge in [0.05, 0.1) is 29.4 Å². The number of carbonyl (C=O) groups excluding carboxylic acids is 1. The largest absolute Gasteiger partial charge is 0.481 e. The van der Waals surface area contributed by atoms with E-state index in [0.717, 1.165) is 31.5 Å². The Labute approximate surface area is 207 Å². The zero-order valence-electron chi connectivity index (χ0n) is 20.3. The molecule has 0 spiro atoms. The number of likely N-dealkylation sites (tertiary alicyclic amines) is 1. The molecule has 3 rings (SSSR count). The van der Waals surface area contributed by atoms with E-state index in [1.165, 1.54) is 0 Å². The van der Waals surface area contributed by atoms with E-state index in [1.54, 1.807) is 18.2 Å². The fraction of sp³-hybridized carbons (Fsp3) is 0.444. The molecule has 0 saturated carbocycles. The number of halogens is 1. The SMILES string of the molecule is CCN1CCC[C@]1(C)C(=O)Nc1ccc(Cl)cc1C(=NC[C@@H](C(=O)O)C(C)C)c1ccccc1. The molecule has 2 aromatic rings. The van der Waals surface area contributed by atoms with Gasteiger partial charge in [-0.15, -0.1) is 0 Å². The summed E-state index contributed by atoms with van der Waals surface area (Å²) < 4.78 is 0. The lowest BCUT2D eigenvalue weighted by atomic mass is 9.94. The molecule has 1 aliphatic rings. The van der Waals surface area contributed by atoms with Gasteiger partial charge in [0, 0.05) is 16.1 Å². The number of likely N-dealkylation sites (N-methyl/N-ethyl adjacent to an activating group) is 1. The number of carboxylic acid groups (broad SMARTS) is 1. The summed E-state index contributed by atoms with van der Waals surface area (Å²) in [5.41, 5.74) is 2.13. The lowest BCUT2D eigenvalue weighted by Crippen LogP contribution is -2.50. The van der Waals surface area contributed by atoms with E-state index in [1.807, 2.05) is 51.1 Å². The Morgan fingerprint density at radius 2 is 1.91 bits per heavy atom. The number of hydrogen-bond donors (Lipinski definition) is 2. The van der Waals surface area contributed by atoms with Crippen molar-refractivity contribution >= 4 is 34.9 Å². The van der Waals surface area contributed by atoms with Gasteiger partial charge < -0.3 is 10.4 Å². The molecule has 0 aliphatic carbocycles. The summed E-state index contributed by atoms with van der Waals surface area (Å²) in [6, 6.07) is 14.9. The standard InChI is InChI=1S/C27H34ClN3O3/c1-5-31-15-9-14-27(31,4)26(34)30-23-13-12-20(28)16-21(23)24(19-10-7-6-8-11-19)29-17-22(18(2)3)25(32)33/h6-8,10-13,16,18,22H,5,9,14-15,17H2,1-4H3,(H,30,34)(H,32,33)/t22-,27-/m1/s1. The number of amides is 1. The number of carbonyl (C=O) groups is 2. The zero-order chi connectivity index (χ0) is 24.9. The Balaban J connectivity index is 2.05. The van der Waals surface area contributed by atoms with Crippen LogP contribution in [0.5, 0.6) is 0 Å². The van der Waals surface area contributed by atoms with Gasteiger partial charge in [0.25, 0.3) is 0 Å². The van der Waals surface area contributed by atoms with E-state index >= 15 is 0 Å². The number of nitrogens with one attached hydrogen (secondary N) is 1. The third kappa shape index (κ3) is 5.68. The maximum Gasteiger partial charge on any atom is 0.308 e. The Bertz CT molecular complexity index is 1050. The molecule has 0 radical (unpaired) electrons. The summed E-state index contributed by atoms with van der Waals surface area (Å²) in [6.45, 7) is 9.64. The second-order valence-electron chi connectivity index (χ2n) is 9.35. The van der Waals surface area contributed by atoms with Gasteiger partial charge >= 0.3 is 5.97 Å². The summed E-state index contributed by atoms with van der Waals surface area (Å²) in [5.74, 6) is -1.63. The highest BCUT2D eigenvalue weighted by molar-refractivity contribution is 6.31. The minimum absolute atomic E-state index is 0.0616. The zero-order valence-corrected chi connectivity index (χ0v) is 21.1. The number of nitrogens with zero attached hydrogens (tertiary/aromatic N) is 2. The highest BCUT2D eigenvalue weighted by atomic mass is 35.5. The van der Waals surface area contributed by atoms with Crippen LogP contribution in [0.25, 0.3) is 0 Å². The average Bonchev–Trinajstić information content (AvgIpc) is 3.20. The molecule has 2 N–H and O–H groups in total. The molecule has 0 unspecified atom stereocenters. The van der Waals surface area contributed by atoms with Crippen molar-refractivity contribution in [1.82, 2.24) is 4.90 Å². The van der Waals surface area contributed by atoms with Crippen molar-refractivity contribution < 1.29 is 14.7 Å². The number of carboxylic acids is 1. The minimum atomic E-state index is -0.875. The lowest BCUT2D eigenvalue weighted by Gasteiger charge is -2.33. The number of aliphatic imine (C=N–C) groups is 1. The minimum Gasteiger partial charge on any atom is -0.481 e. The quantitative estimate of drug-likeness (QED) is 0.471. The molecule has 1 fully saturated rings. The van der Waals surface area contributed by atoms with Gasteiger partial charge in [0.2, 0.25) is 5.91 Å². The van der Waals surface area contributed by atoms with Gasteiger partial charge in [-0.1, -0.05) is 62.7 Å². The van der Waals surface area contributed by atoms with Crippen molar-refractivity contribution in [2.75, 3.05) is 25.0 Å². The van der Waals surface area contributed by atoms with Crippen molar-refractivity contribution in [2.24, 2.45) is 16.8 Å². The van der Waals surface area contributed by atoms with Gasteiger partial charge in [0.1, 0.15) is 0 Å². The molecule has 6 nitrogen and oxygen atoms in total. The van der Waals surface area contributed by atoms with Crippen LogP contribution < -0.4 is 5.32 Å². The van der Waals surface area contributed by atoms with Gasteiger partial charge in [-0.25, -0.2) is 0 Å². The van der Waals surface area contributed by atoms with Crippen molar-refractivity contribution in [3.63, 3.8) is 0 Å². The summed E-state index contributed by atoms with van der Waals surface area (Å²) in [6.07, 6.45) is 1.78. The molecular formula is C27H34ClN3O3. The maximum atomic E-state index is 13.4. The van der Waals surface area contributed by atoms with Crippen molar-refractivity contribution in [3.05, 3.63) is 64.7 Å². The smallest absolute Gasteiger partial charge is 0.308 e. The lowest BCUT2D eigenvalue weighted by molar-refractivity contribution is -0.142. The topological polar surface area (TPSA) is 82.0 Å². The second-order valence-corrected chi connectivity index (χ2v) is 9.78. The average molecular weight is 484 g/mol. The molecule has 1 heterocycles. The van der Waals surface area contributed by atoms with E-state index in [0.29, 0.717) is 22.0 Å². The molecule has 1 amide bonds. The number of rotatable bonds is 9. The van der Waals surface area contributed by atoms with E-state index in [2.05, 4.69) is 17.1 Å². The van der Waals surface area contributed by atoms with Gasteiger partial charge in [-0.2, -0.15) is 0 Å². The summed E-state index contributed by atoms with van der Waals surface area (Å²) in [4.78, 5) is 32.2. The third-order valence-electron chi connectivity index (χ3n) is 6.76. The van der Waals surface area contributed by atoms with Crippen LogP contribution in [-0.2, 0) is 9.59 Å². The molecule has 34 heavy (non-hydrogen) atoms. The maximum absolute atomic E-state index is 13.4. The fourth-order valence-corrected chi connectivity index (χ4v) is 4.73. The molecule has 0 bridgehead atoms. The monoisotopic (exact) mass is 483 g/mol. The van der Waals surface area contributed by atoms with Crippen LogP contribution in [0.3, 0.4) is 0 Å². The summed E-state index contributed by atoms with van der Waals surface area (Å²) in [7, 11) is 0. The molecular weight excluding hydrogens is 450 g/mol. The number of hydrogen-bond acceptors (Lipinski definition) is 4. The molecule has 1 aliphatic heterocycles. The predicted octanol–water partition coefficient (Wildman–Crippen LogP) is 5.35. The highest BCUT2D eigenvalue weighted by Gasteiger charge is 2.42. The van der Waals surface area contributed by atoms with Crippen molar-refractivity contribution in [3.8, 4) is 0 Å². The number of anilines is 1. The normalized spacial score (nSPS) is 19.9. The first-order chi connectivity index (χ1) is 16.2. The van der Waals surface area contributed by atoms with Gasteiger partial charge in [0.15, 0.2) is 0 Å². The first kappa shape index (κ1) is 25.9. The first-order valence-corrected chi connectivity index (χ1v) is 12.2. The Hall–Kier alpha value is -2.70. The highest BCUT2D eigenvalue weighted by Crippen LogP contribution is 2.32. The molecule has 1 saturated heterocycles. The second kappa shape index (κ2) is 11.2. The summed E-state index contributed by atoms with van der Waals surface area (Å²) in [5, 5.41) is 13.3. The van der Waals surface area contributed by atoms with Crippen LogP contribution in [-0.4, -0.2) is 52.8 Å². The molecule has 182 valence electrons. The van der Waals surface area contributed by atoms with E-state index in [4.69, 9.17) is 16.6 Å². The Morgan fingerprint density at radius 1 is 1.21 bits per heavy atom. The molecule has 0 aromatic heterocycles. The van der Waals surface area contributed by atoms with E-state index < -0.39 is 17.4 Å². The molecule has 2 aromatic carbocycles. The van der Waals surface area contributed by atoms with Crippen molar-refractivity contribution in [1.29, 1.82) is 0 Å². The van der Waals surface area contributed by atoms with Crippen LogP contribution in [0.4, 0.5) is 5.69 Å². The summed E-state index contributed by atoms with van der Waals surface area (Å²) >= 11 is 6.38. The fourth-order valence-electron chi connectivity index (χ4n) is 4.55. The number of aliphatic carboxylic acids is 1. The van der Waals surface area contributed by atoms with Crippen LogP contribution in [0, 0.1) is 11.8 Å². The van der Waals surface area contributed by atoms with Crippen LogP contribution in [0.1, 0.15) is 51.7 Å². The van der Waals surface area contributed by atoms with Crippen LogP contribution >= 0.6 is 11.6 Å². The van der Waals surface area contributed by atoms with Gasteiger partial charge in [-0.05, 0) is 57.0 Å². The molecule has 7 heteroatoms. The molecule has 2 atom stereocenters. The van der Waals surface area contributed by atoms with Crippen LogP contribution in [0.2, 0.25) is 5.02 Å². The first-order valence-electron chi connectivity index (χ1n) is 11.9. The van der Waals surface area contributed by atoms with E-state index in [9.17, 15) is 14.7 Å². The Kier molecular flexibility index (Phi) is 8.50. The van der Waals surface area contributed by atoms with E-state index in [-0.39, 0.29) is 18.4 Å². The van der Waals surface area contributed by atoms with Gasteiger partial charge in [-0.3, -0.25) is 19.5 Å². The third-order valence-corrected chi connectivity index (χ3v) is 7.00. The predicted molar refractivity (Wildman–Crippen MR) is 138 cm³/mol.